The summed E-state index contributed by atoms with van der Waals surface area (Å²) in [5, 5.41) is 4.60. The highest BCUT2D eigenvalue weighted by Crippen LogP contribution is 2.32. The van der Waals surface area contributed by atoms with Gasteiger partial charge in [0.1, 0.15) is 11.3 Å². The normalized spacial score (nSPS) is 11.6. The Labute approximate surface area is 116 Å². The summed E-state index contributed by atoms with van der Waals surface area (Å²) in [5.41, 5.74) is 2.35. The topological polar surface area (TPSA) is 25.2 Å². The molecule has 0 aliphatic rings. The van der Waals surface area contributed by atoms with E-state index in [0.717, 1.165) is 24.4 Å². The lowest BCUT2D eigenvalue weighted by molar-refractivity contribution is 0.510. The van der Waals surface area contributed by atoms with Crippen molar-refractivity contribution in [1.82, 2.24) is 5.32 Å². The van der Waals surface area contributed by atoms with Gasteiger partial charge < -0.3 is 9.73 Å². The van der Waals surface area contributed by atoms with Crippen molar-refractivity contribution in [3.8, 4) is 0 Å². The molecule has 17 heavy (non-hydrogen) atoms. The lowest BCUT2D eigenvalue weighted by Gasteiger charge is -2.06. The predicted octanol–water partition coefficient (Wildman–Crippen LogP) is 4.27. The predicted molar refractivity (Wildman–Crippen MR) is 80.4 cm³/mol. The van der Waals surface area contributed by atoms with Crippen LogP contribution in [0, 0.1) is 3.57 Å². The Morgan fingerprint density at radius 2 is 2.12 bits per heavy atom. The number of furan rings is 1. The van der Waals surface area contributed by atoms with Crippen molar-refractivity contribution in [2.75, 3.05) is 6.54 Å². The molecule has 1 aromatic heterocycles. The third-order valence-corrected chi connectivity index (χ3v) is 3.55. The fourth-order valence-corrected chi connectivity index (χ4v) is 2.63. The molecule has 3 heteroatoms. The third kappa shape index (κ3) is 2.65. The van der Waals surface area contributed by atoms with Gasteiger partial charge in [-0.05, 0) is 53.3 Å². The summed E-state index contributed by atoms with van der Waals surface area (Å²) in [6, 6.07) is 6.37. The summed E-state index contributed by atoms with van der Waals surface area (Å²) >= 11 is 2.35. The first-order valence-corrected chi connectivity index (χ1v) is 7.13. The highest BCUT2D eigenvalue weighted by Gasteiger charge is 2.16. The molecule has 0 saturated heterocycles. The number of hydrogen-bond donors (Lipinski definition) is 1. The monoisotopic (exact) mass is 343 g/mol. The van der Waals surface area contributed by atoms with Crippen molar-refractivity contribution in [2.45, 2.75) is 33.2 Å². The average molecular weight is 343 g/mol. The van der Waals surface area contributed by atoms with E-state index < -0.39 is 0 Å². The Morgan fingerprint density at radius 1 is 1.35 bits per heavy atom. The minimum absolute atomic E-state index is 0.489. The van der Waals surface area contributed by atoms with Crippen LogP contribution in [0.4, 0.5) is 0 Å². The summed E-state index contributed by atoms with van der Waals surface area (Å²) in [4.78, 5) is 0. The van der Waals surface area contributed by atoms with Crippen LogP contribution in [-0.4, -0.2) is 6.54 Å². The van der Waals surface area contributed by atoms with Crippen molar-refractivity contribution >= 4 is 33.6 Å². The van der Waals surface area contributed by atoms with Crippen molar-refractivity contribution in [2.24, 2.45) is 0 Å². The van der Waals surface area contributed by atoms with E-state index in [1.54, 1.807) is 0 Å². The van der Waals surface area contributed by atoms with Crippen LogP contribution in [-0.2, 0) is 6.54 Å². The van der Waals surface area contributed by atoms with Crippen molar-refractivity contribution in [3.05, 3.63) is 33.1 Å². The minimum atomic E-state index is 0.489. The molecular formula is C14H18INO. The molecular weight excluding hydrogens is 325 g/mol. The molecule has 0 bridgehead atoms. The number of benzene rings is 1. The number of hydrogen-bond acceptors (Lipinski definition) is 2. The molecule has 1 heterocycles. The minimum Gasteiger partial charge on any atom is -0.459 e. The molecule has 0 amide bonds. The van der Waals surface area contributed by atoms with Crippen molar-refractivity contribution in [3.63, 3.8) is 0 Å². The van der Waals surface area contributed by atoms with E-state index in [2.05, 4.69) is 66.9 Å². The van der Waals surface area contributed by atoms with Gasteiger partial charge in [0.15, 0.2) is 0 Å². The van der Waals surface area contributed by atoms with Crippen LogP contribution in [0.15, 0.2) is 22.6 Å². The highest BCUT2D eigenvalue weighted by atomic mass is 127. The van der Waals surface area contributed by atoms with Gasteiger partial charge in [0.05, 0.1) is 6.54 Å². The molecule has 2 rings (SSSR count). The molecule has 0 atom stereocenters. The SMILES string of the molecule is CCNCc1oc2ccc(I)cc2c1C(C)C. The average Bonchev–Trinajstić information content (AvgIpc) is 2.63. The zero-order valence-electron chi connectivity index (χ0n) is 10.5. The Balaban J connectivity index is 2.54. The van der Waals surface area contributed by atoms with Gasteiger partial charge in [-0.25, -0.2) is 0 Å². The maximum Gasteiger partial charge on any atom is 0.134 e. The van der Waals surface area contributed by atoms with Gasteiger partial charge in [-0.15, -0.1) is 0 Å². The lowest BCUT2D eigenvalue weighted by atomic mass is 9.99. The second kappa shape index (κ2) is 5.40. The molecule has 0 spiro atoms. The van der Waals surface area contributed by atoms with Crippen LogP contribution in [0.5, 0.6) is 0 Å². The van der Waals surface area contributed by atoms with E-state index >= 15 is 0 Å². The Hall–Kier alpha value is -0.550. The fraction of sp³-hybridized carbons (Fsp3) is 0.429. The largest absolute Gasteiger partial charge is 0.459 e. The molecule has 92 valence electrons. The van der Waals surface area contributed by atoms with Crippen LogP contribution in [0.25, 0.3) is 11.0 Å². The number of nitrogens with one attached hydrogen (secondary N) is 1. The summed E-state index contributed by atoms with van der Waals surface area (Å²) in [7, 11) is 0. The van der Waals surface area contributed by atoms with E-state index in [9.17, 15) is 0 Å². The molecule has 0 unspecified atom stereocenters. The highest BCUT2D eigenvalue weighted by molar-refractivity contribution is 14.1. The molecule has 0 saturated carbocycles. The summed E-state index contributed by atoms with van der Waals surface area (Å²) < 4.78 is 7.21. The molecule has 0 radical (unpaired) electrons. The quantitative estimate of drug-likeness (QED) is 0.839. The molecule has 0 fully saturated rings. The second-order valence-corrected chi connectivity index (χ2v) is 5.76. The van der Waals surface area contributed by atoms with Gasteiger partial charge in [0.2, 0.25) is 0 Å². The van der Waals surface area contributed by atoms with Crippen LogP contribution in [0.3, 0.4) is 0 Å². The molecule has 1 aromatic carbocycles. The van der Waals surface area contributed by atoms with Crippen molar-refractivity contribution in [1.29, 1.82) is 0 Å². The molecule has 0 aliphatic carbocycles. The van der Waals surface area contributed by atoms with Gasteiger partial charge in [0, 0.05) is 14.5 Å². The summed E-state index contributed by atoms with van der Waals surface area (Å²) in [5.74, 6) is 1.57. The van der Waals surface area contributed by atoms with Gasteiger partial charge in [0.25, 0.3) is 0 Å². The van der Waals surface area contributed by atoms with Crippen LogP contribution in [0.2, 0.25) is 0 Å². The zero-order chi connectivity index (χ0) is 12.4. The van der Waals surface area contributed by atoms with E-state index in [4.69, 9.17) is 4.42 Å². The van der Waals surface area contributed by atoms with Gasteiger partial charge in [-0.3, -0.25) is 0 Å². The molecule has 2 nitrogen and oxygen atoms in total. The Bertz CT molecular complexity index is 516. The maximum atomic E-state index is 5.95. The lowest BCUT2D eigenvalue weighted by Crippen LogP contribution is -2.12. The van der Waals surface area contributed by atoms with E-state index in [1.165, 1.54) is 14.5 Å². The first-order valence-electron chi connectivity index (χ1n) is 6.05. The van der Waals surface area contributed by atoms with E-state index in [1.807, 2.05) is 0 Å². The Morgan fingerprint density at radius 3 is 2.76 bits per heavy atom. The maximum absolute atomic E-state index is 5.95. The van der Waals surface area contributed by atoms with Crippen LogP contribution >= 0.6 is 22.6 Å². The van der Waals surface area contributed by atoms with Gasteiger partial charge in [-0.1, -0.05) is 20.8 Å². The van der Waals surface area contributed by atoms with E-state index in [0.29, 0.717) is 5.92 Å². The number of rotatable bonds is 4. The van der Waals surface area contributed by atoms with Gasteiger partial charge >= 0.3 is 0 Å². The van der Waals surface area contributed by atoms with Crippen LogP contribution in [0.1, 0.15) is 38.0 Å². The zero-order valence-corrected chi connectivity index (χ0v) is 12.7. The smallest absolute Gasteiger partial charge is 0.134 e. The van der Waals surface area contributed by atoms with E-state index in [-0.39, 0.29) is 0 Å². The fourth-order valence-electron chi connectivity index (χ4n) is 2.14. The van der Waals surface area contributed by atoms with Crippen LogP contribution < -0.4 is 5.32 Å². The van der Waals surface area contributed by atoms with Crippen molar-refractivity contribution < 1.29 is 4.42 Å². The molecule has 0 aliphatic heterocycles. The van der Waals surface area contributed by atoms with Gasteiger partial charge in [-0.2, -0.15) is 0 Å². The summed E-state index contributed by atoms with van der Waals surface area (Å²) in [6.45, 7) is 8.33. The summed E-state index contributed by atoms with van der Waals surface area (Å²) in [6.07, 6.45) is 0. The Kier molecular flexibility index (Phi) is 4.09. The first kappa shape index (κ1) is 12.9. The molecule has 2 aromatic rings. The molecule has 1 N–H and O–H groups in total. The second-order valence-electron chi connectivity index (χ2n) is 4.51. The number of fused-ring (bicyclic) bond motifs is 1. The standard InChI is InChI=1S/C14H18INO/c1-4-16-8-13-14(9(2)3)11-7-10(15)5-6-12(11)17-13/h5-7,9,16H,4,8H2,1-3H3. The number of halogens is 1. The first-order chi connectivity index (χ1) is 8.13. The third-order valence-electron chi connectivity index (χ3n) is 2.88.